The molecule has 1 N–H and O–H groups in total. The number of alkyl halides is 3. The van der Waals surface area contributed by atoms with Crippen LogP contribution in [0.3, 0.4) is 0 Å². The van der Waals surface area contributed by atoms with E-state index in [0.29, 0.717) is 32.8 Å². The Labute approximate surface area is 112 Å². The smallest absolute Gasteiger partial charge is 0.374 e. The van der Waals surface area contributed by atoms with Gasteiger partial charge in [-0.2, -0.15) is 13.2 Å². The van der Waals surface area contributed by atoms with Gasteiger partial charge in [-0.1, -0.05) is 6.92 Å². The van der Waals surface area contributed by atoms with Crippen molar-refractivity contribution in [2.24, 2.45) is 0 Å². The molecule has 1 atom stereocenters. The summed E-state index contributed by atoms with van der Waals surface area (Å²) in [5.41, 5.74) is 0. The van der Waals surface area contributed by atoms with Crippen LogP contribution < -0.4 is 5.32 Å². The molecular formula is C12H24F3N3O. The molecule has 7 heteroatoms. The van der Waals surface area contributed by atoms with E-state index in [2.05, 4.69) is 17.1 Å². The van der Waals surface area contributed by atoms with Crippen LogP contribution in [0.25, 0.3) is 0 Å². The van der Waals surface area contributed by atoms with Crippen molar-refractivity contribution in [1.82, 2.24) is 15.1 Å². The first kappa shape index (κ1) is 16.7. The molecule has 114 valence electrons. The number of ether oxygens (including phenoxy) is 1. The standard InChI is InChI=1S/C12H24F3N3O/c1-3-17-6-7-19-11(8-17)9-18(5-4-16-2)10-12(13,14)15/h11,16H,3-10H2,1-2H3. The average Bonchev–Trinajstić information content (AvgIpc) is 2.34. The van der Waals surface area contributed by atoms with E-state index >= 15 is 0 Å². The lowest BCUT2D eigenvalue weighted by Gasteiger charge is -2.35. The normalized spacial score (nSPS) is 22.1. The van der Waals surface area contributed by atoms with E-state index in [9.17, 15) is 13.2 Å². The Hall–Kier alpha value is -0.370. The van der Waals surface area contributed by atoms with E-state index < -0.39 is 12.7 Å². The van der Waals surface area contributed by atoms with E-state index in [1.54, 1.807) is 7.05 Å². The van der Waals surface area contributed by atoms with Gasteiger partial charge < -0.3 is 10.1 Å². The van der Waals surface area contributed by atoms with Gasteiger partial charge in [0.2, 0.25) is 0 Å². The van der Waals surface area contributed by atoms with Gasteiger partial charge in [-0.15, -0.1) is 0 Å². The lowest BCUT2D eigenvalue weighted by atomic mass is 10.2. The molecule has 0 aliphatic carbocycles. The van der Waals surface area contributed by atoms with Crippen molar-refractivity contribution >= 4 is 0 Å². The summed E-state index contributed by atoms with van der Waals surface area (Å²) < 4.78 is 43.1. The van der Waals surface area contributed by atoms with Crippen LogP contribution in [0.15, 0.2) is 0 Å². The summed E-state index contributed by atoms with van der Waals surface area (Å²) in [5, 5.41) is 2.88. The van der Waals surface area contributed by atoms with Gasteiger partial charge >= 0.3 is 6.18 Å². The summed E-state index contributed by atoms with van der Waals surface area (Å²) in [6, 6.07) is 0. The summed E-state index contributed by atoms with van der Waals surface area (Å²) in [4.78, 5) is 3.62. The van der Waals surface area contributed by atoms with Crippen molar-refractivity contribution in [3.8, 4) is 0 Å². The van der Waals surface area contributed by atoms with E-state index in [1.807, 2.05) is 0 Å². The van der Waals surface area contributed by atoms with Crippen LogP contribution in [0.2, 0.25) is 0 Å². The minimum atomic E-state index is -4.16. The van der Waals surface area contributed by atoms with Crippen LogP contribution in [0.5, 0.6) is 0 Å². The molecule has 1 aliphatic heterocycles. The monoisotopic (exact) mass is 283 g/mol. The molecule has 0 aromatic rings. The van der Waals surface area contributed by atoms with Gasteiger partial charge in [-0.3, -0.25) is 9.80 Å². The molecule has 0 aromatic heterocycles. The second kappa shape index (κ2) is 8.04. The van der Waals surface area contributed by atoms with E-state index in [1.165, 1.54) is 4.90 Å². The molecule has 19 heavy (non-hydrogen) atoms. The third-order valence-corrected chi connectivity index (χ3v) is 3.21. The first-order valence-corrected chi connectivity index (χ1v) is 6.72. The van der Waals surface area contributed by atoms with Crippen LogP contribution in [0.4, 0.5) is 13.2 Å². The molecule has 0 radical (unpaired) electrons. The molecule has 0 spiro atoms. The molecule has 1 fully saturated rings. The fraction of sp³-hybridized carbons (Fsp3) is 1.00. The summed E-state index contributed by atoms with van der Waals surface area (Å²) in [5.74, 6) is 0. The lowest BCUT2D eigenvalue weighted by Crippen LogP contribution is -2.49. The Bertz CT molecular complexity index is 251. The predicted molar refractivity (Wildman–Crippen MR) is 68.3 cm³/mol. The number of rotatable bonds is 7. The lowest BCUT2D eigenvalue weighted by molar-refractivity contribution is -0.151. The van der Waals surface area contributed by atoms with Gasteiger partial charge in [0.25, 0.3) is 0 Å². The molecule has 1 heterocycles. The fourth-order valence-electron chi connectivity index (χ4n) is 2.22. The molecular weight excluding hydrogens is 259 g/mol. The Morgan fingerprint density at radius 2 is 2.16 bits per heavy atom. The highest BCUT2D eigenvalue weighted by atomic mass is 19.4. The highest BCUT2D eigenvalue weighted by Gasteiger charge is 2.32. The van der Waals surface area contributed by atoms with Crippen LogP contribution >= 0.6 is 0 Å². The number of nitrogens with zero attached hydrogens (tertiary/aromatic N) is 2. The zero-order chi connectivity index (χ0) is 14.3. The van der Waals surface area contributed by atoms with Crippen LogP contribution in [-0.2, 0) is 4.74 Å². The van der Waals surface area contributed by atoms with Crippen LogP contribution in [0.1, 0.15) is 6.92 Å². The SMILES string of the molecule is CCN1CCOC(CN(CCNC)CC(F)(F)F)C1. The van der Waals surface area contributed by atoms with E-state index in [0.717, 1.165) is 13.1 Å². The number of halogens is 3. The van der Waals surface area contributed by atoms with Gasteiger partial charge in [-0.25, -0.2) is 0 Å². The van der Waals surface area contributed by atoms with Gasteiger partial charge in [0, 0.05) is 32.7 Å². The second-order valence-corrected chi connectivity index (χ2v) is 4.84. The minimum absolute atomic E-state index is 0.132. The largest absolute Gasteiger partial charge is 0.401 e. The third kappa shape index (κ3) is 7.10. The fourth-order valence-corrected chi connectivity index (χ4v) is 2.22. The van der Waals surface area contributed by atoms with E-state index in [4.69, 9.17) is 4.74 Å². The molecule has 1 aliphatic rings. The number of hydrogen-bond donors (Lipinski definition) is 1. The Morgan fingerprint density at radius 1 is 1.42 bits per heavy atom. The predicted octanol–water partition coefficient (Wildman–Crippen LogP) is 0.791. The summed E-state index contributed by atoms with van der Waals surface area (Å²) in [6.45, 7) is 5.52. The quantitative estimate of drug-likeness (QED) is 0.748. The molecule has 0 bridgehead atoms. The van der Waals surface area contributed by atoms with Crippen molar-refractivity contribution in [3.05, 3.63) is 0 Å². The average molecular weight is 283 g/mol. The van der Waals surface area contributed by atoms with Crippen molar-refractivity contribution in [3.63, 3.8) is 0 Å². The minimum Gasteiger partial charge on any atom is -0.374 e. The van der Waals surface area contributed by atoms with E-state index in [-0.39, 0.29) is 6.10 Å². The summed E-state index contributed by atoms with van der Waals surface area (Å²) in [7, 11) is 1.74. The number of hydrogen-bond acceptors (Lipinski definition) is 4. The summed E-state index contributed by atoms with van der Waals surface area (Å²) in [6.07, 6.45) is -4.29. The Morgan fingerprint density at radius 3 is 2.74 bits per heavy atom. The first-order valence-electron chi connectivity index (χ1n) is 6.72. The summed E-state index contributed by atoms with van der Waals surface area (Å²) >= 11 is 0. The molecule has 0 amide bonds. The number of morpholine rings is 1. The molecule has 0 saturated carbocycles. The van der Waals surface area contributed by atoms with Crippen LogP contribution in [0, 0.1) is 0 Å². The highest BCUT2D eigenvalue weighted by molar-refractivity contribution is 4.76. The molecule has 0 aromatic carbocycles. The topological polar surface area (TPSA) is 27.7 Å². The van der Waals surface area contributed by atoms with Gasteiger partial charge in [0.05, 0.1) is 19.3 Å². The maximum atomic E-state index is 12.5. The van der Waals surface area contributed by atoms with Crippen molar-refractivity contribution in [2.75, 3.05) is 59.5 Å². The molecule has 1 saturated heterocycles. The van der Waals surface area contributed by atoms with Crippen LogP contribution in [-0.4, -0.2) is 81.5 Å². The highest BCUT2D eigenvalue weighted by Crippen LogP contribution is 2.17. The molecule has 1 unspecified atom stereocenters. The zero-order valence-corrected chi connectivity index (χ0v) is 11.7. The van der Waals surface area contributed by atoms with Gasteiger partial charge in [0.15, 0.2) is 0 Å². The Balaban J connectivity index is 2.45. The van der Waals surface area contributed by atoms with Gasteiger partial charge in [-0.05, 0) is 13.6 Å². The number of nitrogens with one attached hydrogen (secondary N) is 1. The second-order valence-electron chi connectivity index (χ2n) is 4.84. The van der Waals surface area contributed by atoms with Gasteiger partial charge in [0.1, 0.15) is 0 Å². The third-order valence-electron chi connectivity index (χ3n) is 3.21. The van der Waals surface area contributed by atoms with Crippen molar-refractivity contribution in [1.29, 1.82) is 0 Å². The van der Waals surface area contributed by atoms with Crippen molar-refractivity contribution < 1.29 is 17.9 Å². The zero-order valence-electron chi connectivity index (χ0n) is 11.7. The Kier molecular flexibility index (Phi) is 7.06. The van der Waals surface area contributed by atoms with Crippen molar-refractivity contribution in [2.45, 2.75) is 19.2 Å². The number of likely N-dealkylation sites (N-methyl/N-ethyl adjacent to an activating group) is 2. The first-order chi connectivity index (χ1) is 8.94. The molecule has 4 nitrogen and oxygen atoms in total. The maximum Gasteiger partial charge on any atom is 0.401 e. The maximum absolute atomic E-state index is 12.5. The molecule has 1 rings (SSSR count).